The molecule has 2 rings (SSSR count). The van der Waals surface area contributed by atoms with Crippen LogP contribution in [0.3, 0.4) is 0 Å². The van der Waals surface area contributed by atoms with E-state index in [0.717, 1.165) is 24.0 Å². The van der Waals surface area contributed by atoms with Crippen LogP contribution < -0.4 is 9.47 Å². The maximum atomic E-state index is 11.7. The Balaban J connectivity index is 2.58. The number of carboxylic acids is 1. The van der Waals surface area contributed by atoms with E-state index in [9.17, 15) is 9.90 Å². The first-order valence-electron chi connectivity index (χ1n) is 6.51. The second-order valence-electron chi connectivity index (χ2n) is 5.10. The zero-order valence-corrected chi connectivity index (χ0v) is 11.7. The van der Waals surface area contributed by atoms with Gasteiger partial charge in [-0.25, -0.2) is 0 Å². The Morgan fingerprint density at radius 1 is 1.16 bits per heavy atom. The molecule has 1 aromatic rings. The maximum absolute atomic E-state index is 11.7. The molecule has 0 radical (unpaired) electrons. The van der Waals surface area contributed by atoms with E-state index in [1.807, 2.05) is 19.1 Å². The molecule has 0 heterocycles. The van der Waals surface area contributed by atoms with Crippen LogP contribution >= 0.6 is 0 Å². The molecule has 0 atom stereocenters. The molecule has 19 heavy (non-hydrogen) atoms. The second-order valence-corrected chi connectivity index (χ2v) is 5.10. The van der Waals surface area contributed by atoms with E-state index in [0.29, 0.717) is 24.3 Å². The highest BCUT2D eigenvalue weighted by atomic mass is 16.5. The largest absolute Gasteiger partial charge is 0.496 e. The standard InChI is InChI=1S/C15H20O4/c1-10-12(18-2)8-11(9-13(10)19-3)15(14(16)17)6-4-5-7-15/h8-9H,4-7H2,1-3H3,(H,16,17). The van der Waals surface area contributed by atoms with Gasteiger partial charge in [0.1, 0.15) is 11.5 Å². The molecule has 1 saturated carbocycles. The number of ether oxygens (including phenoxy) is 2. The maximum Gasteiger partial charge on any atom is 0.314 e. The number of benzene rings is 1. The van der Waals surface area contributed by atoms with E-state index in [1.54, 1.807) is 14.2 Å². The molecule has 1 aromatic carbocycles. The van der Waals surface area contributed by atoms with E-state index in [-0.39, 0.29) is 0 Å². The Kier molecular flexibility index (Phi) is 3.69. The molecule has 1 N–H and O–H groups in total. The van der Waals surface area contributed by atoms with Gasteiger partial charge in [-0.2, -0.15) is 0 Å². The van der Waals surface area contributed by atoms with Crippen LogP contribution in [0.25, 0.3) is 0 Å². The van der Waals surface area contributed by atoms with Crippen LogP contribution in [0.5, 0.6) is 11.5 Å². The van der Waals surface area contributed by atoms with Gasteiger partial charge in [0.2, 0.25) is 0 Å². The van der Waals surface area contributed by atoms with Gasteiger partial charge in [-0.15, -0.1) is 0 Å². The van der Waals surface area contributed by atoms with Gasteiger partial charge in [-0.1, -0.05) is 12.8 Å². The van der Waals surface area contributed by atoms with Gasteiger partial charge in [-0.3, -0.25) is 4.79 Å². The lowest BCUT2D eigenvalue weighted by Gasteiger charge is -2.26. The average molecular weight is 264 g/mol. The van der Waals surface area contributed by atoms with E-state index >= 15 is 0 Å². The molecule has 0 bridgehead atoms. The van der Waals surface area contributed by atoms with Crippen LogP contribution in [0.4, 0.5) is 0 Å². The Bertz CT molecular complexity index is 462. The number of hydrogen-bond donors (Lipinski definition) is 1. The molecule has 4 nitrogen and oxygen atoms in total. The third-order valence-corrected chi connectivity index (χ3v) is 4.17. The van der Waals surface area contributed by atoms with Gasteiger partial charge >= 0.3 is 5.97 Å². The lowest BCUT2D eigenvalue weighted by atomic mass is 9.78. The molecular weight excluding hydrogens is 244 g/mol. The number of carboxylic acid groups (broad SMARTS) is 1. The van der Waals surface area contributed by atoms with Crippen LogP contribution in [-0.4, -0.2) is 25.3 Å². The van der Waals surface area contributed by atoms with Crippen molar-refractivity contribution in [3.05, 3.63) is 23.3 Å². The van der Waals surface area contributed by atoms with Crippen LogP contribution in [0.15, 0.2) is 12.1 Å². The smallest absolute Gasteiger partial charge is 0.314 e. The molecule has 1 fully saturated rings. The van der Waals surface area contributed by atoms with E-state index < -0.39 is 11.4 Å². The third kappa shape index (κ3) is 2.15. The van der Waals surface area contributed by atoms with Crippen molar-refractivity contribution in [2.45, 2.75) is 38.0 Å². The Hall–Kier alpha value is -1.71. The van der Waals surface area contributed by atoms with Gasteiger partial charge < -0.3 is 14.6 Å². The lowest BCUT2D eigenvalue weighted by molar-refractivity contribution is -0.143. The van der Waals surface area contributed by atoms with E-state index in [2.05, 4.69) is 0 Å². The number of rotatable bonds is 4. The summed E-state index contributed by atoms with van der Waals surface area (Å²) in [5, 5.41) is 9.63. The molecule has 104 valence electrons. The molecular formula is C15H20O4. The van der Waals surface area contributed by atoms with Crippen LogP contribution in [-0.2, 0) is 10.2 Å². The first-order valence-corrected chi connectivity index (χ1v) is 6.51. The zero-order chi connectivity index (χ0) is 14.0. The monoisotopic (exact) mass is 264 g/mol. The quantitative estimate of drug-likeness (QED) is 0.908. The highest BCUT2D eigenvalue weighted by Crippen LogP contribution is 2.44. The van der Waals surface area contributed by atoms with Gasteiger partial charge in [0.05, 0.1) is 19.6 Å². The Labute approximate surface area is 113 Å². The minimum Gasteiger partial charge on any atom is -0.496 e. The lowest BCUT2D eigenvalue weighted by Crippen LogP contribution is -2.32. The van der Waals surface area contributed by atoms with Gasteiger partial charge in [0.15, 0.2) is 0 Å². The molecule has 0 spiro atoms. The summed E-state index contributed by atoms with van der Waals surface area (Å²) in [5.41, 5.74) is 0.901. The van der Waals surface area contributed by atoms with Crippen LogP contribution in [0.1, 0.15) is 36.8 Å². The van der Waals surface area contributed by atoms with Gasteiger partial charge in [0, 0.05) is 5.56 Å². The second kappa shape index (κ2) is 5.11. The molecule has 0 saturated heterocycles. The summed E-state index contributed by atoms with van der Waals surface area (Å²) in [7, 11) is 3.18. The molecule has 0 unspecified atom stereocenters. The topological polar surface area (TPSA) is 55.8 Å². The molecule has 4 heteroatoms. The summed E-state index contributed by atoms with van der Waals surface area (Å²) in [6.07, 6.45) is 3.25. The van der Waals surface area contributed by atoms with E-state index in [4.69, 9.17) is 9.47 Å². The number of aliphatic carboxylic acids is 1. The van der Waals surface area contributed by atoms with Gasteiger partial charge in [0.25, 0.3) is 0 Å². The SMILES string of the molecule is COc1cc(C2(C(=O)O)CCCC2)cc(OC)c1C. The highest BCUT2D eigenvalue weighted by Gasteiger charge is 2.43. The number of hydrogen-bond acceptors (Lipinski definition) is 3. The minimum absolute atomic E-state index is 0.678. The predicted octanol–water partition coefficient (Wildman–Crippen LogP) is 2.91. The van der Waals surface area contributed by atoms with Crippen LogP contribution in [0.2, 0.25) is 0 Å². The number of carbonyl (C=O) groups is 1. The van der Waals surface area contributed by atoms with E-state index in [1.165, 1.54) is 0 Å². The molecule has 0 aromatic heterocycles. The first-order chi connectivity index (χ1) is 9.05. The van der Waals surface area contributed by atoms with Crippen molar-refractivity contribution in [2.75, 3.05) is 14.2 Å². The first kappa shape index (κ1) is 13.7. The summed E-state index contributed by atoms with van der Waals surface area (Å²) in [4.78, 5) is 11.7. The normalized spacial score (nSPS) is 17.2. The molecule has 1 aliphatic rings. The van der Waals surface area contributed by atoms with Crippen molar-refractivity contribution in [3.63, 3.8) is 0 Å². The van der Waals surface area contributed by atoms with Crippen molar-refractivity contribution < 1.29 is 19.4 Å². The fourth-order valence-electron chi connectivity index (χ4n) is 2.97. The van der Waals surface area contributed by atoms with Crippen molar-refractivity contribution >= 4 is 5.97 Å². The number of methoxy groups -OCH3 is 2. The fourth-order valence-corrected chi connectivity index (χ4v) is 2.97. The predicted molar refractivity (Wildman–Crippen MR) is 72.1 cm³/mol. The molecule has 1 aliphatic carbocycles. The van der Waals surface area contributed by atoms with Crippen molar-refractivity contribution in [1.82, 2.24) is 0 Å². The summed E-state index contributed by atoms with van der Waals surface area (Å²) in [6, 6.07) is 3.69. The van der Waals surface area contributed by atoms with Crippen LogP contribution in [0, 0.1) is 6.92 Å². The van der Waals surface area contributed by atoms with Gasteiger partial charge in [-0.05, 0) is 37.5 Å². The highest BCUT2D eigenvalue weighted by molar-refractivity contribution is 5.82. The van der Waals surface area contributed by atoms with Crippen molar-refractivity contribution in [1.29, 1.82) is 0 Å². The summed E-state index contributed by atoms with van der Waals surface area (Å²) < 4.78 is 10.7. The summed E-state index contributed by atoms with van der Waals surface area (Å²) >= 11 is 0. The Morgan fingerprint density at radius 3 is 2.00 bits per heavy atom. The molecule has 0 amide bonds. The fraction of sp³-hybridized carbons (Fsp3) is 0.533. The zero-order valence-electron chi connectivity index (χ0n) is 11.7. The minimum atomic E-state index is -0.783. The van der Waals surface area contributed by atoms with Crippen molar-refractivity contribution in [3.8, 4) is 11.5 Å². The van der Waals surface area contributed by atoms with Crippen molar-refractivity contribution in [2.24, 2.45) is 0 Å². The summed E-state index contributed by atoms with van der Waals surface area (Å²) in [6.45, 7) is 1.91. The summed E-state index contributed by atoms with van der Waals surface area (Å²) in [5.74, 6) is 0.613. The molecule has 0 aliphatic heterocycles. The third-order valence-electron chi connectivity index (χ3n) is 4.17. The average Bonchev–Trinajstić information content (AvgIpc) is 2.89. The Morgan fingerprint density at radius 2 is 1.63 bits per heavy atom.